The van der Waals surface area contributed by atoms with Crippen LogP contribution in [-0.2, 0) is 9.53 Å². The molecule has 2 N–H and O–H groups in total. The van der Waals surface area contributed by atoms with Gasteiger partial charge in [-0.25, -0.2) is 4.79 Å². The van der Waals surface area contributed by atoms with Gasteiger partial charge < -0.3 is 14.9 Å². The second kappa shape index (κ2) is 6.58. The van der Waals surface area contributed by atoms with Gasteiger partial charge in [-0.2, -0.15) is 0 Å². The molecule has 0 aliphatic carbocycles. The van der Waals surface area contributed by atoms with Crippen LogP contribution in [0.5, 0.6) is 0 Å². The Labute approximate surface area is 90.6 Å². The molecule has 0 saturated carbocycles. The molecule has 0 heterocycles. The molecule has 0 rings (SSSR count). The van der Waals surface area contributed by atoms with Gasteiger partial charge >= 0.3 is 5.97 Å². The van der Waals surface area contributed by atoms with Crippen LogP contribution in [0.2, 0.25) is 0 Å². The first-order valence-corrected chi connectivity index (χ1v) is 5.07. The third-order valence-corrected chi connectivity index (χ3v) is 2.69. The molecule has 0 aromatic rings. The minimum atomic E-state index is -0.719. The molecule has 0 spiro atoms. The summed E-state index contributed by atoms with van der Waals surface area (Å²) in [4.78, 5) is 11.3. The number of rotatable bonds is 6. The van der Waals surface area contributed by atoms with Crippen molar-refractivity contribution in [2.24, 2.45) is 5.41 Å². The highest BCUT2D eigenvalue weighted by Gasteiger charge is 2.28. The van der Waals surface area contributed by atoms with Gasteiger partial charge in [0.1, 0.15) is 6.61 Å². The fourth-order valence-corrected chi connectivity index (χ4v) is 0.917. The lowest BCUT2D eigenvalue weighted by Gasteiger charge is -2.27. The van der Waals surface area contributed by atoms with Gasteiger partial charge in [0, 0.05) is 5.57 Å². The quantitative estimate of drug-likeness (QED) is 0.511. The van der Waals surface area contributed by atoms with Crippen molar-refractivity contribution in [2.45, 2.75) is 27.2 Å². The number of aliphatic hydroxyl groups is 2. The molecule has 0 bridgehead atoms. The van der Waals surface area contributed by atoms with Crippen molar-refractivity contribution in [3.63, 3.8) is 0 Å². The molecular weight excluding hydrogens is 196 g/mol. The summed E-state index contributed by atoms with van der Waals surface area (Å²) in [5.41, 5.74) is -0.195. The van der Waals surface area contributed by atoms with Crippen LogP contribution in [0, 0.1) is 5.41 Å². The van der Waals surface area contributed by atoms with Crippen molar-refractivity contribution >= 4 is 5.97 Å². The highest BCUT2D eigenvalue weighted by molar-refractivity contribution is 5.87. The molecule has 0 aliphatic heterocycles. The van der Waals surface area contributed by atoms with Crippen LogP contribution in [0.15, 0.2) is 11.6 Å². The summed E-state index contributed by atoms with van der Waals surface area (Å²) in [5.74, 6) is -0.405. The first-order valence-electron chi connectivity index (χ1n) is 5.07. The Bertz CT molecular complexity index is 220. The van der Waals surface area contributed by atoms with E-state index in [1.165, 1.54) is 0 Å². The SMILES string of the molecule is CC=C(C)C(=O)OCC(CC)(CO)CO. The number of aliphatic hydroxyl groups excluding tert-OH is 2. The lowest BCUT2D eigenvalue weighted by Crippen LogP contribution is -2.35. The second-order valence-corrected chi connectivity index (χ2v) is 3.72. The Morgan fingerprint density at radius 3 is 2.27 bits per heavy atom. The molecule has 4 nitrogen and oxygen atoms in total. The summed E-state index contributed by atoms with van der Waals surface area (Å²) in [5, 5.41) is 18.2. The van der Waals surface area contributed by atoms with Gasteiger partial charge in [0.25, 0.3) is 0 Å². The van der Waals surface area contributed by atoms with Crippen LogP contribution in [0.1, 0.15) is 27.2 Å². The Kier molecular flexibility index (Phi) is 6.20. The first kappa shape index (κ1) is 14.1. The van der Waals surface area contributed by atoms with E-state index in [-0.39, 0.29) is 19.8 Å². The summed E-state index contributed by atoms with van der Waals surface area (Å²) >= 11 is 0. The van der Waals surface area contributed by atoms with Gasteiger partial charge in [-0.1, -0.05) is 13.0 Å². The van der Waals surface area contributed by atoms with Gasteiger partial charge in [0.2, 0.25) is 0 Å². The molecule has 4 heteroatoms. The Hall–Kier alpha value is -0.870. The fourth-order valence-electron chi connectivity index (χ4n) is 0.917. The van der Waals surface area contributed by atoms with Crippen molar-refractivity contribution in [3.05, 3.63) is 11.6 Å². The normalized spacial score (nSPS) is 12.7. The van der Waals surface area contributed by atoms with Crippen LogP contribution in [-0.4, -0.2) is 36.0 Å². The van der Waals surface area contributed by atoms with Crippen LogP contribution < -0.4 is 0 Å². The molecule has 88 valence electrons. The third kappa shape index (κ3) is 4.01. The Morgan fingerprint density at radius 2 is 1.93 bits per heavy atom. The summed E-state index contributed by atoms with van der Waals surface area (Å²) in [6.45, 7) is 4.91. The summed E-state index contributed by atoms with van der Waals surface area (Å²) in [6, 6.07) is 0. The molecule has 0 fully saturated rings. The number of carbonyl (C=O) groups excluding carboxylic acids is 1. The summed E-state index contributed by atoms with van der Waals surface area (Å²) in [7, 11) is 0. The topological polar surface area (TPSA) is 66.8 Å². The second-order valence-electron chi connectivity index (χ2n) is 3.72. The van der Waals surface area contributed by atoms with E-state index in [4.69, 9.17) is 14.9 Å². The molecule has 0 aromatic heterocycles. The maximum absolute atomic E-state index is 11.3. The fraction of sp³-hybridized carbons (Fsp3) is 0.727. The molecule has 0 aromatic carbocycles. The van der Waals surface area contributed by atoms with E-state index in [9.17, 15) is 4.79 Å². The molecule has 0 saturated heterocycles. The lowest BCUT2D eigenvalue weighted by molar-refractivity contribution is -0.145. The largest absolute Gasteiger partial charge is 0.462 e. The minimum Gasteiger partial charge on any atom is -0.462 e. The van der Waals surface area contributed by atoms with Crippen LogP contribution in [0.4, 0.5) is 0 Å². The minimum absolute atomic E-state index is 0.0422. The predicted molar refractivity (Wildman–Crippen MR) is 57.3 cm³/mol. The molecular formula is C11H20O4. The summed E-state index contributed by atoms with van der Waals surface area (Å²) in [6.07, 6.45) is 2.22. The van der Waals surface area contributed by atoms with Gasteiger partial charge in [-0.05, 0) is 20.3 Å². The van der Waals surface area contributed by atoms with E-state index in [1.807, 2.05) is 6.92 Å². The zero-order valence-corrected chi connectivity index (χ0v) is 9.62. The van der Waals surface area contributed by atoms with E-state index < -0.39 is 11.4 Å². The van der Waals surface area contributed by atoms with Gasteiger partial charge in [-0.3, -0.25) is 0 Å². The van der Waals surface area contributed by atoms with Crippen molar-refractivity contribution in [1.82, 2.24) is 0 Å². The predicted octanol–water partition coefficient (Wildman–Crippen LogP) is 0.877. The van der Waals surface area contributed by atoms with Crippen LogP contribution in [0.25, 0.3) is 0 Å². The maximum atomic E-state index is 11.3. The van der Waals surface area contributed by atoms with Crippen molar-refractivity contribution in [1.29, 1.82) is 0 Å². The lowest BCUT2D eigenvalue weighted by atomic mass is 9.88. The number of hydrogen-bond donors (Lipinski definition) is 2. The van der Waals surface area contributed by atoms with Crippen molar-refractivity contribution in [2.75, 3.05) is 19.8 Å². The summed E-state index contributed by atoms with van der Waals surface area (Å²) < 4.78 is 5.01. The van der Waals surface area contributed by atoms with Crippen molar-refractivity contribution < 1.29 is 19.7 Å². The van der Waals surface area contributed by atoms with Crippen molar-refractivity contribution in [3.8, 4) is 0 Å². The Balaban J connectivity index is 4.29. The van der Waals surface area contributed by atoms with E-state index in [0.29, 0.717) is 12.0 Å². The van der Waals surface area contributed by atoms with Crippen LogP contribution in [0.3, 0.4) is 0 Å². The highest BCUT2D eigenvalue weighted by atomic mass is 16.5. The average Bonchev–Trinajstić information content (AvgIpc) is 2.30. The van der Waals surface area contributed by atoms with E-state index in [0.717, 1.165) is 0 Å². The Morgan fingerprint density at radius 1 is 1.40 bits per heavy atom. The van der Waals surface area contributed by atoms with Gasteiger partial charge in [0.15, 0.2) is 0 Å². The number of hydrogen-bond acceptors (Lipinski definition) is 4. The maximum Gasteiger partial charge on any atom is 0.333 e. The zero-order chi connectivity index (χ0) is 11.9. The zero-order valence-electron chi connectivity index (χ0n) is 9.62. The molecule has 15 heavy (non-hydrogen) atoms. The standard InChI is InChI=1S/C11H20O4/c1-4-9(3)10(14)15-8-11(5-2,6-12)7-13/h4,12-13H,5-8H2,1-3H3. The van der Waals surface area contributed by atoms with E-state index in [2.05, 4.69) is 0 Å². The molecule has 0 aliphatic rings. The van der Waals surface area contributed by atoms with Gasteiger partial charge in [-0.15, -0.1) is 0 Å². The molecule has 0 atom stereocenters. The highest BCUT2D eigenvalue weighted by Crippen LogP contribution is 2.21. The first-order chi connectivity index (χ1) is 7.05. The molecule has 0 radical (unpaired) electrons. The van der Waals surface area contributed by atoms with Crippen LogP contribution >= 0.6 is 0 Å². The number of carbonyl (C=O) groups is 1. The van der Waals surface area contributed by atoms with E-state index >= 15 is 0 Å². The molecule has 0 unspecified atom stereocenters. The number of esters is 1. The number of ether oxygens (including phenoxy) is 1. The molecule has 0 amide bonds. The van der Waals surface area contributed by atoms with Gasteiger partial charge in [0.05, 0.1) is 18.6 Å². The average molecular weight is 216 g/mol. The number of allylic oxidation sites excluding steroid dienone is 1. The smallest absolute Gasteiger partial charge is 0.333 e. The third-order valence-electron chi connectivity index (χ3n) is 2.69. The van der Waals surface area contributed by atoms with E-state index in [1.54, 1.807) is 19.9 Å². The monoisotopic (exact) mass is 216 g/mol.